The summed E-state index contributed by atoms with van der Waals surface area (Å²) in [7, 11) is 0. The lowest BCUT2D eigenvalue weighted by atomic mass is 9.93. The Hall–Kier alpha value is -0.770. The van der Waals surface area contributed by atoms with Gasteiger partial charge in [-0.05, 0) is 47.5 Å². The van der Waals surface area contributed by atoms with Gasteiger partial charge < -0.3 is 14.7 Å². The zero-order valence-electron chi connectivity index (χ0n) is 10.9. The molecule has 1 rings (SSSR count). The predicted molar refractivity (Wildman–Crippen MR) is 62.3 cm³/mol. The van der Waals surface area contributed by atoms with Crippen molar-refractivity contribution in [2.45, 2.75) is 64.7 Å². The summed E-state index contributed by atoms with van der Waals surface area (Å²) in [5.74, 6) is 0. The van der Waals surface area contributed by atoms with Crippen LogP contribution in [0.1, 0.15) is 47.5 Å². The van der Waals surface area contributed by atoms with Crippen LogP contribution in [0.25, 0.3) is 0 Å². The second-order valence-electron chi connectivity index (χ2n) is 5.77. The van der Waals surface area contributed by atoms with E-state index in [0.29, 0.717) is 6.54 Å². The highest BCUT2D eigenvalue weighted by Gasteiger charge is 2.44. The SMILES string of the molecule is CC(O)C1(C)CCCN1C(=O)OC(C)(C)C. The lowest BCUT2D eigenvalue weighted by Gasteiger charge is -2.38. The van der Waals surface area contributed by atoms with Crippen LogP contribution in [0.2, 0.25) is 0 Å². The number of amides is 1. The molecule has 16 heavy (non-hydrogen) atoms. The van der Waals surface area contributed by atoms with Crippen LogP contribution in [-0.2, 0) is 4.74 Å². The van der Waals surface area contributed by atoms with Gasteiger partial charge in [0, 0.05) is 6.54 Å². The lowest BCUT2D eigenvalue weighted by Crippen LogP contribution is -2.53. The number of ether oxygens (including phenoxy) is 1. The predicted octanol–water partition coefficient (Wildman–Crippen LogP) is 2.16. The third kappa shape index (κ3) is 2.67. The molecule has 4 heteroatoms. The number of aliphatic hydroxyl groups excluding tert-OH is 1. The molecule has 2 unspecified atom stereocenters. The minimum absolute atomic E-state index is 0.326. The van der Waals surface area contributed by atoms with Crippen molar-refractivity contribution in [1.29, 1.82) is 0 Å². The van der Waals surface area contributed by atoms with E-state index in [-0.39, 0.29) is 6.09 Å². The van der Waals surface area contributed by atoms with Gasteiger partial charge in [-0.2, -0.15) is 0 Å². The number of carbonyl (C=O) groups excluding carboxylic acids is 1. The van der Waals surface area contributed by atoms with Gasteiger partial charge in [0.15, 0.2) is 0 Å². The maximum absolute atomic E-state index is 12.0. The van der Waals surface area contributed by atoms with Gasteiger partial charge in [-0.25, -0.2) is 4.79 Å². The summed E-state index contributed by atoms with van der Waals surface area (Å²) in [6.45, 7) is 9.84. The van der Waals surface area contributed by atoms with E-state index in [1.54, 1.807) is 11.8 Å². The number of hydrogen-bond donors (Lipinski definition) is 1. The van der Waals surface area contributed by atoms with Gasteiger partial charge in [-0.1, -0.05) is 0 Å². The number of nitrogens with zero attached hydrogens (tertiary/aromatic N) is 1. The largest absolute Gasteiger partial charge is 0.444 e. The molecule has 0 bridgehead atoms. The van der Waals surface area contributed by atoms with Crippen molar-refractivity contribution < 1.29 is 14.6 Å². The first-order valence-corrected chi connectivity index (χ1v) is 5.85. The maximum atomic E-state index is 12.0. The fraction of sp³-hybridized carbons (Fsp3) is 0.917. The summed E-state index contributed by atoms with van der Waals surface area (Å²) in [6.07, 6.45) is 0.876. The standard InChI is InChI=1S/C12H23NO3/c1-9(14)12(5)7-6-8-13(12)10(15)16-11(2,3)4/h9,14H,6-8H2,1-5H3. The molecular formula is C12H23NO3. The molecule has 0 radical (unpaired) electrons. The van der Waals surface area contributed by atoms with Crippen LogP contribution in [0.3, 0.4) is 0 Å². The van der Waals surface area contributed by atoms with Crippen molar-refractivity contribution in [3.8, 4) is 0 Å². The van der Waals surface area contributed by atoms with E-state index in [9.17, 15) is 9.90 Å². The third-order valence-electron chi connectivity index (χ3n) is 3.20. The normalized spacial score (nSPS) is 28.0. The Morgan fingerprint density at radius 1 is 1.50 bits per heavy atom. The Morgan fingerprint density at radius 2 is 2.06 bits per heavy atom. The molecule has 2 atom stereocenters. The summed E-state index contributed by atoms with van der Waals surface area (Å²) in [5.41, 5.74) is -0.971. The van der Waals surface area contributed by atoms with Gasteiger partial charge in [0.1, 0.15) is 5.60 Å². The van der Waals surface area contributed by atoms with Gasteiger partial charge in [0.05, 0.1) is 11.6 Å². The number of hydrogen-bond acceptors (Lipinski definition) is 3. The molecule has 1 aliphatic heterocycles. The fourth-order valence-corrected chi connectivity index (χ4v) is 2.04. The Balaban J connectivity index is 2.76. The molecule has 0 aromatic rings. The molecule has 4 nitrogen and oxygen atoms in total. The zero-order chi connectivity index (χ0) is 12.6. The minimum Gasteiger partial charge on any atom is -0.444 e. The first-order chi connectivity index (χ1) is 7.17. The quantitative estimate of drug-likeness (QED) is 0.749. The second-order valence-corrected chi connectivity index (χ2v) is 5.77. The second kappa shape index (κ2) is 4.24. The molecule has 1 heterocycles. The number of aliphatic hydroxyl groups is 1. The minimum atomic E-state index is -0.539. The molecule has 0 spiro atoms. The summed E-state index contributed by atoms with van der Waals surface area (Å²) < 4.78 is 5.34. The number of likely N-dealkylation sites (tertiary alicyclic amines) is 1. The van der Waals surface area contributed by atoms with Crippen molar-refractivity contribution in [3.05, 3.63) is 0 Å². The van der Waals surface area contributed by atoms with Crippen LogP contribution in [0, 0.1) is 0 Å². The van der Waals surface area contributed by atoms with E-state index < -0.39 is 17.2 Å². The number of rotatable bonds is 1. The van der Waals surface area contributed by atoms with E-state index in [1.807, 2.05) is 27.7 Å². The van der Waals surface area contributed by atoms with Gasteiger partial charge in [0.25, 0.3) is 0 Å². The monoisotopic (exact) mass is 229 g/mol. The van der Waals surface area contributed by atoms with Crippen molar-refractivity contribution in [2.75, 3.05) is 6.54 Å². The molecule has 1 aliphatic rings. The van der Waals surface area contributed by atoms with E-state index >= 15 is 0 Å². The first-order valence-electron chi connectivity index (χ1n) is 5.85. The zero-order valence-corrected chi connectivity index (χ0v) is 10.9. The molecule has 1 amide bonds. The topological polar surface area (TPSA) is 49.8 Å². The molecule has 1 N–H and O–H groups in total. The lowest BCUT2D eigenvalue weighted by molar-refractivity contribution is -0.0203. The Kier molecular flexibility index (Phi) is 3.53. The van der Waals surface area contributed by atoms with E-state index in [0.717, 1.165) is 12.8 Å². The first kappa shape index (κ1) is 13.3. The summed E-state index contributed by atoms with van der Waals surface area (Å²) in [5, 5.41) is 9.78. The van der Waals surface area contributed by atoms with Crippen LogP contribution in [0.15, 0.2) is 0 Å². The Labute approximate surface area is 97.6 Å². The van der Waals surface area contributed by atoms with Gasteiger partial charge in [-0.3, -0.25) is 0 Å². The highest BCUT2D eigenvalue weighted by atomic mass is 16.6. The Bertz CT molecular complexity index is 270. The van der Waals surface area contributed by atoms with Crippen LogP contribution in [0.4, 0.5) is 4.79 Å². The summed E-state index contributed by atoms with van der Waals surface area (Å²) in [4.78, 5) is 13.6. The molecule has 1 saturated heterocycles. The van der Waals surface area contributed by atoms with Crippen molar-refractivity contribution >= 4 is 6.09 Å². The van der Waals surface area contributed by atoms with E-state index in [2.05, 4.69) is 0 Å². The van der Waals surface area contributed by atoms with E-state index in [1.165, 1.54) is 0 Å². The van der Waals surface area contributed by atoms with Crippen LogP contribution >= 0.6 is 0 Å². The molecule has 0 aromatic carbocycles. The Morgan fingerprint density at radius 3 is 2.50 bits per heavy atom. The average Bonchev–Trinajstić information content (AvgIpc) is 2.45. The highest BCUT2D eigenvalue weighted by molar-refractivity contribution is 5.69. The van der Waals surface area contributed by atoms with Gasteiger partial charge in [0.2, 0.25) is 0 Å². The summed E-state index contributed by atoms with van der Waals surface area (Å²) in [6, 6.07) is 0. The maximum Gasteiger partial charge on any atom is 0.410 e. The average molecular weight is 229 g/mol. The van der Waals surface area contributed by atoms with Crippen LogP contribution in [-0.4, -0.2) is 39.9 Å². The van der Waals surface area contributed by atoms with Crippen molar-refractivity contribution in [1.82, 2.24) is 4.90 Å². The number of carbonyl (C=O) groups is 1. The third-order valence-corrected chi connectivity index (χ3v) is 3.20. The van der Waals surface area contributed by atoms with Gasteiger partial charge in [-0.15, -0.1) is 0 Å². The van der Waals surface area contributed by atoms with Crippen molar-refractivity contribution in [2.24, 2.45) is 0 Å². The summed E-state index contributed by atoms with van der Waals surface area (Å²) >= 11 is 0. The molecular weight excluding hydrogens is 206 g/mol. The molecule has 0 aliphatic carbocycles. The highest BCUT2D eigenvalue weighted by Crippen LogP contribution is 2.33. The van der Waals surface area contributed by atoms with Crippen LogP contribution < -0.4 is 0 Å². The van der Waals surface area contributed by atoms with Crippen molar-refractivity contribution in [3.63, 3.8) is 0 Å². The molecule has 0 saturated carbocycles. The molecule has 1 fully saturated rings. The van der Waals surface area contributed by atoms with Gasteiger partial charge >= 0.3 is 6.09 Å². The molecule has 0 aromatic heterocycles. The molecule has 94 valence electrons. The van der Waals surface area contributed by atoms with E-state index in [4.69, 9.17) is 4.74 Å². The smallest absolute Gasteiger partial charge is 0.410 e. The fourth-order valence-electron chi connectivity index (χ4n) is 2.04. The van der Waals surface area contributed by atoms with Crippen LogP contribution in [0.5, 0.6) is 0 Å².